The second kappa shape index (κ2) is 11.1. The Morgan fingerprint density at radius 3 is 2.47 bits per heavy atom. The molecule has 0 aliphatic rings. The molecule has 34 heavy (non-hydrogen) atoms. The van der Waals surface area contributed by atoms with Gasteiger partial charge in [0.15, 0.2) is 0 Å². The van der Waals surface area contributed by atoms with E-state index in [1.807, 2.05) is 19.0 Å². The Hall–Kier alpha value is -3.46. The zero-order chi connectivity index (χ0) is 24.7. The van der Waals surface area contributed by atoms with Gasteiger partial charge in [-0.25, -0.2) is 9.37 Å². The Labute approximate surface area is 195 Å². The minimum atomic E-state index is -4.40. The van der Waals surface area contributed by atoms with Crippen LogP contribution in [0.4, 0.5) is 29.1 Å². The molecule has 0 fully saturated rings. The third kappa shape index (κ3) is 7.02. The van der Waals surface area contributed by atoms with E-state index >= 15 is 0 Å². The molecule has 1 aromatic heterocycles. The number of benzene rings is 2. The van der Waals surface area contributed by atoms with Crippen LogP contribution in [0, 0.1) is 5.82 Å². The molecule has 0 unspecified atom stereocenters. The summed E-state index contributed by atoms with van der Waals surface area (Å²) in [6, 6.07) is 12.4. The Balaban J connectivity index is 1.67. The van der Waals surface area contributed by atoms with Gasteiger partial charge < -0.3 is 15.5 Å². The average molecular weight is 475 g/mol. The predicted octanol–water partition coefficient (Wildman–Crippen LogP) is 5.60. The van der Waals surface area contributed by atoms with E-state index in [1.54, 1.807) is 18.2 Å². The summed E-state index contributed by atoms with van der Waals surface area (Å²) < 4.78 is 52.4. The molecule has 3 rings (SSSR count). The number of hydrogen-bond acceptors (Lipinski definition) is 4. The summed E-state index contributed by atoms with van der Waals surface area (Å²) in [5, 5.41) is 5.76. The maximum Gasteiger partial charge on any atom is 0.416 e. The van der Waals surface area contributed by atoms with Crippen molar-refractivity contribution in [2.45, 2.75) is 25.6 Å². The van der Waals surface area contributed by atoms with Gasteiger partial charge in [-0.3, -0.25) is 4.79 Å². The zero-order valence-corrected chi connectivity index (χ0v) is 18.9. The molecule has 2 N–H and O–H groups in total. The van der Waals surface area contributed by atoms with Gasteiger partial charge in [-0.1, -0.05) is 12.1 Å². The van der Waals surface area contributed by atoms with Gasteiger partial charge in [0.05, 0.1) is 11.1 Å². The van der Waals surface area contributed by atoms with E-state index in [-0.39, 0.29) is 23.7 Å². The molecule has 3 aromatic rings. The molecular weight excluding hydrogens is 448 g/mol. The predicted molar refractivity (Wildman–Crippen MR) is 124 cm³/mol. The van der Waals surface area contributed by atoms with Gasteiger partial charge in [0.1, 0.15) is 11.6 Å². The summed E-state index contributed by atoms with van der Waals surface area (Å²) in [5.41, 5.74) is 1.11. The largest absolute Gasteiger partial charge is 0.416 e. The number of halogens is 4. The molecule has 2 aromatic carbocycles. The normalized spacial score (nSPS) is 11.5. The van der Waals surface area contributed by atoms with E-state index in [9.17, 15) is 22.4 Å². The summed E-state index contributed by atoms with van der Waals surface area (Å²) in [6.07, 6.45) is -1.57. The van der Waals surface area contributed by atoms with Crippen molar-refractivity contribution in [1.82, 2.24) is 9.88 Å². The van der Waals surface area contributed by atoms with Gasteiger partial charge in [-0.05, 0) is 87.1 Å². The summed E-state index contributed by atoms with van der Waals surface area (Å²) in [4.78, 5) is 19.1. The topological polar surface area (TPSA) is 57.3 Å². The number of hydrogen-bond donors (Lipinski definition) is 2. The number of alkyl halides is 3. The molecule has 0 aliphatic carbocycles. The number of amides is 1. The highest BCUT2D eigenvalue weighted by molar-refractivity contribution is 6.07. The fourth-order valence-electron chi connectivity index (χ4n) is 3.36. The molecule has 0 bridgehead atoms. The summed E-state index contributed by atoms with van der Waals surface area (Å²) in [6.45, 7) is 1.00. The molecule has 1 amide bonds. The van der Waals surface area contributed by atoms with Crippen LogP contribution in [0.5, 0.6) is 0 Å². The van der Waals surface area contributed by atoms with Crippen molar-refractivity contribution in [2.24, 2.45) is 0 Å². The van der Waals surface area contributed by atoms with Crippen LogP contribution in [-0.4, -0.2) is 36.4 Å². The number of anilines is 2. The van der Waals surface area contributed by atoms with E-state index in [1.165, 1.54) is 30.5 Å². The van der Waals surface area contributed by atoms with Crippen molar-refractivity contribution in [3.63, 3.8) is 0 Å². The van der Waals surface area contributed by atoms with Gasteiger partial charge in [-0.15, -0.1) is 0 Å². The fourth-order valence-corrected chi connectivity index (χ4v) is 3.36. The van der Waals surface area contributed by atoms with E-state index in [4.69, 9.17) is 0 Å². The second-order valence-electron chi connectivity index (χ2n) is 8.11. The van der Waals surface area contributed by atoms with E-state index < -0.39 is 17.6 Å². The van der Waals surface area contributed by atoms with Gasteiger partial charge in [0.2, 0.25) is 0 Å². The van der Waals surface area contributed by atoms with Crippen LogP contribution in [0.25, 0.3) is 0 Å². The number of carbonyl (C=O) groups is 1. The van der Waals surface area contributed by atoms with Crippen LogP contribution in [0.15, 0.2) is 60.8 Å². The molecule has 1 heterocycles. The van der Waals surface area contributed by atoms with E-state index in [0.717, 1.165) is 25.1 Å². The third-order valence-corrected chi connectivity index (χ3v) is 5.15. The van der Waals surface area contributed by atoms with Crippen LogP contribution >= 0.6 is 0 Å². The van der Waals surface area contributed by atoms with Crippen molar-refractivity contribution in [3.8, 4) is 0 Å². The number of aryl methyl sites for hydroxylation is 1. The van der Waals surface area contributed by atoms with Crippen molar-refractivity contribution < 1.29 is 22.4 Å². The quantitative estimate of drug-likeness (QED) is 0.397. The van der Waals surface area contributed by atoms with Gasteiger partial charge >= 0.3 is 6.18 Å². The molecular formula is C25H26F4N4O. The smallest absolute Gasteiger partial charge is 0.365 e. The number of nitrogens with one attached hydrogen (secondary N) is 2. The number of carbonyl (C=O) groups excluding carboxylic acids is 1. The summed E-state index contributed by atoms with van der Waals surface area (Å²) >= 11 is 0. The van der Waals surface area contributed by atoms with Gasteiger partial charge in [-0.2, -0.15) is 13.2 Å². The third-order valence-electron chi connectivity index (χ3n) is 5.15. The van der Waals surface area contributed by atoms with Crippen molar-refractivity contribution in [3.05, 3.63) is 88.9 Å². The van der Waals surface area contributed by atoms with Crippen LogP contribution in [0.2, 0.25) is 0 Å². The highest BCUT2D eigenvalue weighted by Gasteiger charge is 2.29. The Morgan fingerprint density at radius 2 is 1.79 bits per heavy atom. The Kier molecular flexibility index (Phi) is 8.22. The molecule has 0 saturated heterocycles. The maximum atomic E-state index is 14.2. The van der Waals surface area contributed by atoms with Gasteiger partial charge in [0.25, 0.3) is 5.91 Å². The van der Waals surface area contributed by atoms with Crippen molar-refractivity contribution >= 4 is 17.4 Å². The first-order valence-electron chi connectivity index (χ1n) is 10.7. The number of nitrogens with zero attached hydrogens (tertiary/aromatic N) is 2. The minimum Gasteiger partial charge on any atom is -0.365 e. The number of pyridine rings is 1. The second-order valence-corrected chi connectivity index (χ2v) is 8.11. The summed E-state index contributed by atoms with van der Waals surface area (Å²) in [5.74, 6) is -0.473. The lowest BCUT2D eigenvalue weighted by molar-refractivity contribution is -0.137. The Bertz CT molecular complexity index is 1110. The molecule has 9 heteroatoms. The monoisotopic (exact) mass is 474 g/mol. The van der Waals surface area contributed by atoms with Crippen LogP contribution < -0.4 is 10.6 Å². The molecule has 0 atom stereocenters. The lowest BCUT2D eigenvalue weighted by atomic mass is 10.1. The Morgan fingerprint density at radius 1 is 1.06 bits per heavy atom. The minimum absolute atomic E-state index is 0.183. The number of aromatic nitrogens is 1. The van der Waals surface area contributed by atoms with Crippen molar-refractivity contribution in [2.75, 3.05) is 31.3 Å². The average Bonchev–Trinajstić information content (AvgIpc) is 2.79. The molecule has 0 radical (unpaired) electrons. The van der Waals surface area contributed by atoms with Crippen LogP contribution in [0.1, 0.15) is 33.5 Å². The van der Waals surface area contributed by atoms with Crippen LogP contribution in [0.3, 0.4) is 0 Å². The van der Waals surface area contributed by atoms with E-state index in [2.05, 4.69) is 15.6 Å². The lowest BCUT2D eigenvalue weighted by Gasteiger charge is -2.13. The highest BCUT2D eigenvalue weighted by atomic mass is 19.4. The molecule has 0 saturated carbocycles. The lowest BCUT2D eigenvalue weighted by Crippen LogP contribution is -2.16. The zero-order valence-electron chi connectivity index (χ0n) is 18.9. The van der Waals surface area contributed by atoms with Gasteiger partial charge in [0, 0.05) is 18.4 Å². The highest BCUT2D eigenvalue weighted by Crippen LogP contribution is 2.29. The first kappa shape index (κ1) is 25.2. The first-order chi connectivity index (χ1) is 16.1. The fraction of sp³-hybridized carbons (Fsp3) is 0.280. The first-order valence-corrected chi connectivity index (χ1v) is 10.7. The van der Waals surface area contributed by atoms with Crippen molar-refractivity contribution in [1.29, 1.82) is 0 Å². The maximum absolute atomic E-state index is 14.2. The molecule has 180 valence electrons. The number of rotatable bonds is 9. The molecule has 0 aliphatic heterocycles. The molecule has 0 spiro atoms. The van der Waals surface area contributed by atoms with E-state index in [0.29, 0.717) is 23.2 Å². The van der Waals surface area contributed by atoms with Crippen LogP contribution in [-0.2, 0) is 19.1 Å². The standard InChI is InChI=1S/C25H26F4N4O/c1-33(2)14-4-5-18-15-20(11-12-22(18)26)32-24(34)21-6-3-13-30-23(21)31-16-17-7-9-19(10-8-17)25(27,28)29/h3,6-13,15H,4-5,14,16H2,1-2H3,(H,30,31)(H,32,34). The SMILES string of the molecule is CN(C)CCCc1cc(NC(=O)c2cccnc2NCc2ccc(C(F)(F)F)cc2)ccc1F. The summed E-state index contributed by atoms with van der Waals surface area (Å²) in [7, 11) is 3.90. The molecule has 5 nitrogen and oxygen atoms in total.